The van der Waals surface area contributed by atoms with Gasteiger partial charge < -0.3 is 15.4 Å². The van der Waals surface area contributed by atoms with Crippen molar-refractivity contribution in [3.05, 3.63) is 29.8 Å². The van der Waals surface area contributed by atoms with Crippen molar-refractivity contribution in [3.63, 3.8) is 0 Å². The molecule has 1 aliphatic heterocycles. The molecule has 7 nitrogen and oxygen atoms in total. The van der Waals surface area contributed by atoms with E-state index in [9.17, 15) is 8.42 Å². The molecule has 3 rings (SSSR count). The predicted molar refractivity (Wildman–Crippen MR) is 123 cm³/mol. The third-order valence-corrected chi connectivity index (χ3v) is 5.84. The van der Waals surface area contributed by atoms with Gasteiger partial charge in [-0.25, -0.2) is 13.1 Å². The average Bonchev–Trinajstić information content (AvgIpc) is 3.05. The van der Waals surface area contributed by atoms with E-state index >= 15 is 0 Å². The Morgan fingerprint density at radius 3 is 2.68 bits per heavy atom. The van der Waals surface area contributed by atoms with Crippen molar-refractivity contribution < 1.29 is 13.2 Å². The predicted octanol–water partition coefficient (Wildman–Crippen LogP) is 2.55. The number of benzene rings is 1. The largest absolute Gasteiger partial charge is 0.487 e. The van der Waals surface area contributed by atoms with Gasteiger partial charge in [-0.2, -0.15) is 0 Å². The molecule has 1 saturated carbocycles. The fraction of sp³-hybridized carbons (Fsp3) is 0.632. The van der Waals surface area contributed by atoms with Gasteiger partial charge in [0.25, 0.3) is 0 Å². The van der Waals surface area contributed by atoms with Crippen LogP contribution in [-0.4, -0.2) is 45.9 Å². The van der Waals surface area contributed by atoms with E-state index in [-0.39, 0.29) is 42.2 Å². The molecule has 9 heteroatoms. The van der Waals surface area contributed by atoms with Crippen LogP contribution in [0.15, 0.2) is 29.3 Å². The van der Waals surface area contributed by atoms with Gasteiger partial charge in [-0.15, -0.1) is 24.0 Å². The van der Waals surface area contributed by atoms with Gasteiger partial charge >= 0.3 is 0 Å². The number of sulfonamides is 1. The standard InChI is InChI=1S/C19H30N4O3S.HI/c1-3-20-18(21-12-13-22-27(2,24)25)23-16-14-19(10-6-7-11-19)26-17-9-5-4-8-15(16)17;/h4-5,8-9,16,22H,3,6-7,10-14H2,1-2H3,(H2,20,21,23);1H. The van der Waals surface area contributed by atoms with Crippen LogP contribution in [0.3, 0.4) is 0 Å². The van der Waals surface area contributed by atoms with Crippen molar-refractivity contribution in [1.29, 1.82) is 0 Å². The maximum Gasteiger partial charge on any atom is 0.208 e. The maximum absolute atomic E-state index is 11.2. The Morgan fingerprint density at radius 1 is 1.29 bits per heavy atom. The van der Waals surface area contributed by atoms with Crippen molar-refractivity contribution in [3.8, 4) is 5.75 Å². The van der Waals surface area contributed by atoms with Crippen molar-refractivity contribution in [2.45, 2.75) is 50.7 Å². The van der Waals surface area contributed by atoms with E-state index in [1.54, 1.807) is 0 Å². The van der Waals surface area contributed by atoms with Gasteiger partial charge in [-0.3, -0.25) is 4.99 Å². The van der Waals surface area contributed by atoms with E-state index in [1.165, 1.54) is 12.8 Å². The Hall–Kier alpha value is -1.07. The topological polar surface area (TPSA) is 91.8 Å². The number of ether oxygens (including phenoxy) is 1. The summed E-state index contributed by atoms with van der Waals surface area (Å²) in [6.45, 7) is 3.41. The molecule has 0 bridgehead atoms. The van der Waals surface area contributed by atoms with Crippen LogP contribution in [0.1, 0.15) is 50.6 Å². The summed E-state index contributed by atoms with van der Waals surface area (Å²) in [5, 5.41) is 6.80. The summed E-state index contributed by atoms with van der Waals surface area (Å²) >= 11 is 0. The lowest BCUT2D eigenvalue weighted by Gasteiger charge is -2.40. The van der Waals surface area contributed by atoms with Crippen LogP contribution in [0.2, 0.25) is 0 Å². The van der Waals surface area contributed by atoms with E-state index in [1.807, 2.05) is 25.1 Å². The number of rotatable bonds is 6. The minimum atomic E-state index is -3.19. The Bertz CT molecular complexity index is 779. The second-order valence-electron chi connectivity index (χ2n) is 7.36. The lowest BCUT2D eigenvalue weighted by atomic mass is 9.86. The second kappa shape index (κ2) is 10.1. The Labute approximate surface area is 185 Å². The van der Waals surface area contributed by atoms with Crippen LogP contribution in [0.5, 0.6) is 5.75 Å². The molecule has 3 N–H and O–H groups in total. The zero-order valence-corrected chi connectivity index (χ0v) is 19.7. The van der Waals surface area contributed by atoms with Crippen LogP contribution in [0.4, 0.5) is 0 Å². The molecule has 158 valence electrons. The van der Waals surface area contributed by atoms with Crippen LogP contribution in [0.25, 0.3) is 0 Å². The van der Waals surface area contributed by atoms with E-state index < -0.39 is 10.0 Å². The van der Waals surface area contributed by atoms with Gasteiger partial charge in [0.15, 0.2) is 5.96 Å². The summed E-state index contributed by atoms with van der Waals surface area (Å²) < 4.78 is 31.3. The normalized spacial score (nSPS) is 20.8. The van der Waals surface area contributed by atoms with E-state index in [0.29, 0.717) is 12.5 Å². The maximum atomic E-state index is 11.2. The quantitative estimate of drug-likeness (QED) is 0.231. The van der Waals surface area contributed by atoms with E-state index in [2.05, 4.69) is 26.4 Å². The minimum Gasteiger partial charge on any atom is -0.487 e. The Balaban J connectivity index is 0.00000280. The SMILES string of the molecule is CCNC(=NCCNS(C)(=O)=O)NC1CC2(CCCC2)Oc2ccccc21.I. The molecule has 1 aromatic carbocycles. The molecule has 1 unspecified atom stereocenters. The molecule has 1 atom stereocenters. The van der Waals surface area contributed by atoms with Crippen molar-refractivity contribution in [1.82, 2.24) is 15.4 Å². The smallest absolute Gasteiger partial charge is 0.208 e. The molecule has 0 aromatic heterocycles. The molecular formula is C19H31IN4O3S. The number of aliphatic imine (C=N–C) groups is 1. The number of fused-ring (bicyclic) bond motifs is 1. The molecule has 1 heterocycles. The van der Waals surface area contributed by atoms with Gasteiger partial charge in [0.2, 0.25) is 10.0 Å². The summed E-state index contributed by atoms with van der Waals surface area (Å²) in [6.07, 6.45) is 6.66. The molecule has 0 saturated heterocycles. The van der Waals surface area contributed by atoms with Crippen LogP contribution < -0.4 is 20.1 Å². The molecule has 1 aromatic rings. The number of nitrogens with one attached hydrogen (secondary N) is 3. The Kier molecular flexibility index (Phi) is 8.38. The number of halogens is 1. The number of guanidine groups is 1. The molecule has 1 fully saturated rings. The van der Waals surface area contributed by atoms with Gasteiger partial charge in [0.05, 0.1) is 18.8 Å². The van der Waals surface area contributed by atoms with Gasteiger partial charge in [0, 0.05) is 25.1 Å². The Morgan fingerprint density at radius 2 is 2.00 bits per heavy atom. The highest BCUT2D eigenvalue weighted by atomic mass is 127. The lowest BCUT2D eigenvalue weighted by Crippen LogP contribution is -2.46. The number of nitrogens with zero attached hydrogens (tertiary/aromatic N) is 1. The highest BCUT2D eigenvalue weighted by Crippen LogP contribution is 2.46. The van der Waals surface area contributed by atoms with Gasteiger partial charge in [-0.1, -0.05) is 18.2 Å². The first-order chi connectivity index (χ1) is 12.9. The van der Waals surface area contributed by atoms with Gasteiger partial charge in [0.1, 0.15) is 11.4 Å². The minimum absolute atomic E-state index is 0. The lowest BCUT2D eigenvalue weighted by molar-refractivity contribution is 0.0396. The summed E-state index contributed by atoms with van der Waals surface area (Å²) in [6, 6.07) is 8.31. The number of para-hydroxylation sites is 1. The van der Waals surface area contributed by atoms with Gasteiger partial charge in [-0.05, 0) is 38.7 Å². The number of hydrogen-bond donors (Lipinski definition) is 3. The fourth-order valence-electron chi connectivity index (χ4n) is 3.96. The highest BCUT2D eigenvalue weighted by molar-refractivity contribution is 14.0. The van der Waals surface area contributed by atoms with Crippen LogP contribution in [0, 0.1) is 0 Å². The molecule has 0 amide bonds. The molecule has 1 spiro atoms. The fourth-order valence-corrected chi connectivity index (χ4v) is 4.42. The first kappa shape index (κ1) is 23.2. The van der Waals surface area contributed by atoms with E-state index in [0.717, 1.165) is 43.4 Å². The van der Waals surface area contributed by atoms with E-state index in [4.69, 9.17) is 4.74 Å². The third-order valence-electron chi connectivity index (χ3n) is 5.11. The third kappa shape index (κ3) is 6.21. The average molecular weight is 522 g/mol. The highest BCUT2D eigenvalue weighted by Gasteiger charge is 2.43. The zero-order valence-electron chi connectivity index (χ0n) is 16.5. The summed E-state index contributed by atoms with van der Waals surface area (Å²) in [5.74, 6) is 1.65. The summed E-state index contributed by atoms with van der Waals surface area (Å²) in [5.41, 5.74) is 1.07. The van der Waals surface area contributed by atoms with Crippen molar-refractivity contribution in [2.24, 2.45) is 4.99 Å². The summed E-state index contributed by atoms with van der Waals surface area (Å²) in [4.78, 5) is 4.53. The first-order valence-electron chi connectivity index (χ1n) is 9.68. The van der Waals surface area contributed by atoms with Crippen molar-refractivity contribution >= 4 is 40.0 Å². The number of hydrogen-bond acceptors (Lipinski definition) is 4. The molecule has 0 radical (unpaired) electrons. The molecule has 1 aliphatic carbocycles. The molecular weight excluding hydrogens is 491 g/mol. The first-order valence-corrected chi connectivity index (χ1v) is 11.6. The zero-order chi connectivity index (χ0) is 19.3. The molecule has 28 heavy (non-hydrogen) atoms. The van der Waals surface area contributed by atoms with Crippen LogP contribution in [-0.2, 0) is 10.0 Å². The van der Waals surface area contributed by atoms with Crippen LogP contribution >= 0.6 is 24.0 Å². The second-order valence-corrected chi connectivity index (χ2v) is 9.19. The molecule has 2 aliphatic rings. The summed E-state index contributed by atoms with van der Waals surface area (Å²) in [7, 11) is -3.19. The van der Waals surface area contributed by atoms with Crippen molar-refractivity contribution in [2.75, 3.05) is 25.9 Å². The monoisotopic (exact) mass is 522 g/mol.